The van der Waals surface area contributed by atoms with E-state index >= 15 is 0 Å². The number of hydrogen-bond acceptors (Lipinski definition) is 4. The highest BCUT2D eigenvalue weighted by molar-refractivity contribution is 4.86. The van der Waals surface area contributed by atoms with Crippen molar-refractivity contribution in [3.63, 3.8) is 0 Å². The summed E-state index contributed by atoms with van der Waals surface area (Å²) in [7, 11) is 0. The first-order valence-electron chi connectivity index (χ1n) is 5.62. The lowest BCUT2D eigenvalue weighted by atomic mass is 10.2. The lowest BCUT2D eigenvalue weighted by molar-refractivity contribution is 0.192. The molecule has 5 nitrogen and oxygen atoms in total. The highest BCUT2D eigenvalue weighted by Crippen LogP contribution is 2.04. The molecule has 1 atom stereocenters. The average Bonchev–Trinajstić information content (AvgIpc) is 2.65. The minimum absolute atomic E-state index is 0.580. The molecule has 2 rings (SSSR count). The molecule has 0 aliphatic carbocycles. The molecule has 5 heteroatoms. The van der Waals surface area contributed by atoms with E-state index in [0.29, 0.717) is 6.04 Å². The summed E-state index contributed by atoms with van der Waals surface area (Å²) in [5.74, 6) is 1.08. The largest absolute Gasteiger partial charge is 0.312 e. The van der Waals surface area contributed by atoms with Gasteiger partial charge in [0.2, 0.25) is 0 Å². The van der Waals surface area contributed by atoms with Crippen LogP contribution in [0, 0.1) is 0 Å². The van der Waals surface area contributed by atoms with Crippen LogP contribution in [0.15, 0.2) is 6.33 Å². The van der Waals surface area contributed by atoms with Gasteiger partial charge in [-0.2, -0.15) is 5.10 Å². The smallest absolute Gasteiger partial charge is 0.140 e. The molecule has 15 heavy (non-hydrogen) atoms. The van der Waals surface area contributed by atoms with Crippen LogP contribution in [0.3, 0.4) is 0 Å². The van der Waals surface area contributed by atoms with Gasteiger partial charge in [0.1, 0.15) is 12.2 Å². The first-order valence-corrected chi connectivity index (χ1v) is 5.62. The maximum atomic E-state index is 4.30. The maximum absolute atomic E-state index is 4.30. The Hall–Kier alpha value is -0.940. The van der Waals surface area contributed by atoms with Crippen molar-refractivity contribution in [1.82, 2.24) is 25.0 Å². The third kappa shape index (κ3) is 2.54. The molecule has 1 aliphatic rings. The minimum atomic E-state index is 0.580. The van der Waals surface area contributed by atoms with Crippen LogP contribution >= 0.6 is 0 Å². The van der Waals surface area contributed by atoms with Gasteiger partial charge < -0.3 is 5.32 Å². The molecule has 1 aromatic heterocycles. The molecular formula is C10H19N5. The van der Waals surface area contributed by atoms with Crippen molar-refractivity contribution < 1.29 is 0 Å². The van der Waals surface area contributed by atoms with Crippen LogP contribution in [0.25, 0.3) is 0 Å². The summed E-state index contributed by atoms with van der Waals surface area (Å²) in [6, 6.07) is 0.580. The van der Waals surface area contributed by atoms with Crippen molar-refractivity contribution in [2.24, 2.45) is 0 Å². The summed E-state index contributed by atoms with van der Waals surface area (Å²) in [5, 5.41) is 7.62. The second-order valence-corrected chi connectivity index (χ2v) is 4.08. The van der Waals surface area contributed by atoms with Crippen LogP contribution in [0.2, 0.25) is 0 Å². The summed E-state index contributed by atoms with van der Waals surface area (Å²) in [6.07, 6.45) is 1.64. The van der Waals surface area contributed by atoms with E-state index in [1.165, 1.54) is 0 Å². The van der Waals surface area contributed by atoms with Gasteiger partial charge in [0, 0.05) is 32.2 Å². The summed E-state index contributed by atoms with van der Waals surface area (Å²) in [6.45, 7) is 9.39. The zero-order valence-corrected chi connectivity index (χ0v) is 9.48. The quantitative estimate of drug-likeness (QED) is 0.766. The van der Waals surface area contributed by atoms with E-state index in [2.05, 4.69) is 34.1 Å². The van der Waals surface area contributed by atoms with E-state index in [-0.39, 0.29) is 0 Å². The predicted octanol–water partition coefficient (Wildman–Crippen LogP) is 0.0917. The SMILES string of the molecule is CCn1ncnc1CN1CCN[C@H](C)C1. The lowest BCUT2D eigenvalue weighted by Crippen LogP contribution is -2.48. The summed E-state index contributed by atoms with van der Waals surface area (Å²) < 4.78 is 1.96. The van der Waals surface area contributed by atoms with Gasteiger partial charge in [0.15, 0.2) is 0 Å². The molecule has 0 aromatic carbocycles. The van der Waals surface area contributed by atoms with E-state index in [1.807, 2.05) is 4.68 Å². The van der Waals surface area contributed by atoms with Crippen molar-refractivity contribution in [2.75, 3.05) is 19.6 Å². The summed E-state index contributed by atoms with van der Waals surface area (Å²) in [4.78, 5) is 6.72. The Kier molecular flexibility index (Phi) is 3.33. The first kappa shape index (κ1) is 10.6. The highest BCUT2D eigenvalue weighted by Gasteiger charge is 2.17. The monoisotopic (exact) mass is 209 g/mol. The molecule has 0 bridgehead atoms. The zero-order chi connectivity index (χ0) is 10.7. The number of piperazine rings is 1. The maximum Gasteiger partial charge on any atom is 0.140 e. The molecule has 0 amide bonds. The van der Waals surface area contributed by atoms with Crippen LogP contribution in [0.5, 0.6) is 0 Å². The van der Waals surface area contributed by atoms with Gasteiger partial charge in [-0.25, -0.2) is 9.67 Å². The molecule has 1 saturated heterocycles. The Morgan fingerprint density at radius 2 is 2.47 bits per heavy atom. The summed E-state index contributed by atoms with van der Waals surface area (Å²) in [5.41, 5.74) is 0. The zero-order valence-electron chi connectivity index (χ0n) is 9.48. The molecular weight excluding hydrogens is 190 g/mol. The number of aryl methyl sites for hydroxylation is 1. The van der Waals surface area contributed by atoms with Crippen molar-refractivity contribution in [2.45, 2.75) is 33.0 Å². The van der Waals surface area contributed by atoms with Crippen LogP contribution in [0.1, 0.15) is 19.7 Å². The second kappa shape index (κ2) is 4.72. The van der Waals surface area contributed by atoms with Gasteiger partial charge in [0.25, 0.3) is 0 Å². The molecule has 0 unspecified atom stereocenters. The van der Waals surface area contributed by atoms with E-state index < -0.39 is 0 Å². The van der Waals surface area contributed by atoms with Crippen molar-refractivity contribution >= 4 is 0 Å². The Bertz CT molecular complexity index is 309. The molecule has 1 aromatic rings. The fourth-order valence-electron chi connectivity index (χ4n) is 2.03. The molecule has 84 valence electrons. The van der Waals surface area contributed by atoms with Gasteiger partial charge in [-0.3, -0.25) is 4.90 Å². The minimum Gasteiger partial charge on any atom is -0.312 e. The van der Waals surface area contributed by atoms with Gasteiger partial charge in [-0.15, -0.1) is 0 Å². The average molecular weight is 209 g/mol. The third-order valence-electron chi connectivity index (χ3n) is 2.81. The Balaban J connectivity index is 1.96. The molecule has 0 saturated carbocycles. The van der Waals surface area contributed by atoms with Crippen LogP contribution in [-0.2, 0) is 13.1 Å². The molecule has 1 fully saturated rings. The van der Waals surface area contributed by atoms with E-state index in [0.717, 1.165) is 38.5 Å². The first-order chi connectivity index (χ1) is 7.29. The number of nitrogens with zero attached hydrogens (tertiary/aromatic N) is 4. The van der Waals surface area contributed by atoms with E-state index in [4.69, 9.17) is 0 Å². The van der Waals surface area contributed by atoms with Gasteiger partial charge in [-0.05, 0) is 13.8 Å². The fraction of sp³-hybridized carbons (Fsp3) is 0.800. The van der Waals surface area contributed by atoms with E-state index in [9.17, 15) is 0 Å². The Morgan fingerprint density at radius 1 is 1.60 bits per heavy atom. The number of rotatable bonds is 3. The van der Waals surface area contributed by atoms with Gasteiger partial charge in [0.05, 0.1) is 6.54 Å². The predicted molar refractivity (Wildman–Crippen MR) is 58.4 cm³/mol. The van der Waals surface area contributed by atoms with Crippen molar-refractivity contribution in [3.05, 3.63) is 12.2 Å². The molecule has 0 radical (unpaired) electrons. The lowest BCUT2D eigenvalue weighted by Gasteiger charge is -2.31. The van der Waals surface area contributed by atoms with Crippen molar-refractivity contribution in [1.29, 1.82) is 0 Å². The van der Waals surface area contributed by atoms with Crippen LogP contribution in [-0.4, -0.2) is 45.3 Å². The number of nitrogens with one attached hydrogen (secondary N) is 1. The number of hydrogen-bond donors (Lipinski definition) is 1. The third-order valence-corrected chi connectivity index (χ3v) is 2.81. The Morgan fingerprint density at radius 3 is 3.20 bits per heavy atom. The van der Waals surface area contributed by atoms with Crippen LogP contribution in [0.4, 0.5) is 0 Å². The Labute approximate surface area is 90.5 Å². The van der Waals surface area contributed by atoms with Crippen molar-refractivity contribution in [3.8, 4) is 0 Å². The molecule has 2 heterocycles. The standard InChI is InChI=1S/C10H19N5/c1-3-15-10(12-8-13-15)7-14-5-4-11-9(2)6-14/h8-9,11H,3-7H2,1-2H3/t9-/m1/s1. The fourth-order valence-corrected chi connectivity index (χ4v) is 2.03. The normalized spacial score (nSPS) is 23.2. The highest BCUT2D eigenvalue weighted by atomic mass is 15.3. The van der Waals surface area contributed by atoms with Crippen LogP contribution < -0.4 is 5.32 Å². The molecule has 1 aliphatic heterocycles. The number of aromatic nitrogens is 3. The molecule has 1 N–H and O–H groups in total. The van der Waals surface area contributed by atoms with Gasteiger partial charge >= 0.3 is 0 Å². The second-order valence-electron chi connectivity index (χ2n) is 4.08. The molecule has 0 spiro atoms. The summed E-state index contributed by atoms with van der Waals surface area (Å²) >= 11 is 0. The van der Waals surface area contributed by atoms with Gasteiger partial charge in [-0.1, -0.05) is 0 Å². The van der Waals surface area contributed by atoms with E-state index in [1.54, 1.807) is 6.33 Å². The topological polar surface area (TPSA) is 46.0 Å².